The second-order valence-electron chi connectivity index (χ2n) is 12.7. The van der Waals surface area contributed by atoms with Crippen molar-refractivity contribution in [2.45, 2.75) is 59.7 Å². The van der Waals surface area contributed by atoms with Crippen LogP contribution < -0.4 is 10.6 Å². The number of carbonyl (C=O) groups is 3. The first kappa shape index (κ1) is 31.1. The van der Waals surface area contributed by atoms with Crippen molar-refractivity contribution in [1.29, 1.82) is 0 Å². The van der Waals surface area contributed by atoms with Crippen molar-refractivity contribution in [3.05, 3.63) is 72.9 Å². The summed E-state index contributed by atoms with van der Waals surface area (Å²) in [6.07, 6.45) is 1.06. The van der Waals surface area contributed by atoms with E-state index in [4.69, 9.17) is 19.4 Å². The molecule has 0 radical (unpaired) electrons. The maximum Gasteiger partial charge on any atom is 0.435 e. The zero-order valence-electron chi connectivity index (χ0n) is 26.3. The van der Waals surface area contributed by atoms with Crippen molar-refractivity contribution in [2.24, 2.45) is 5.92 Å². The zero-order chi connectivity index (χ0) is 32.5. The molecule has 2 aromatic heterocycles. The Morgan fingerprint density at radius 2 is 1.56 bits per heavy atom. The number of hydrogen-bond donors (Lipinski definition) is 2. The molecule has 0 bridgehead atoms. The minimum absolute atomic E-state index is 0.436. The summed E-state index contributed by atoms with van der Waals surface area (Å²) in [7, 11) is 0. The largest absolute Gasteiger partial charge is 0.459 e. The molecule has 0 saturated heterocycles. The summed E-state index contributed by atoms with van der Waals surface area (Å²) in [5, 5.41) is 12.0. The van der Waals surface area contributed by atoms with Crippen LogP contribution in [0.5, 0.6) is 0 Å². The number of fused-ring (bicyclic) bond motifs is 2. The van der Waals surface area contributed by atoms with Crippen LogP contribution in [0.4, 0.5) is 22.0 Å². The van der Waals surface area contributed by atoms with E-state index in [1.165, 1.54) is 11.6 Å². The summed E-state index contributed by atoms with van der Waals surface area (Å²) in [5.41, 5.74) is 1.88. The van der Waals surface area contributed by atoms with Gasteiger partial charge in [-0.2, -0.15) is 9.78 Å². The first-order chi connectivity index (χ1) is 21.2. The maximum absolute atomic E-state index is 12.8. The molecule has 45 heavy (non-hydrogen) atoms. The Hall–Kier alpha value is -5.32. The number of nitrogens with zero attached hydrogens (tertiary/aromatic N) is 4. The Balaban J connectivity index is 1.42. The van der Waals surface area contributed by atoms with E-state index in [1.807, 2.05) is 42.5 Å². The molecular weight excluding hydrogens is 572 g/mol. The average molecular weight is 609 g/mol. The van der Waals surface area contributed by atoms with E-state index in [2.05, 4.69) is 15.7 Å². The Morgan fingerprint density at radius 3 is 2.29 bits per heavy atom. The molecule has 5 aromatic rings. The summed E-state index contributed by atoms with van der Waals surface area (Å²) in [4.78, 5) is 47.5. The molecule has 1 atom stereocenters. The van der Waals surface area contributed by atoms with Gasteiger partial charge in [-0.15, -0.1) is 0 Å². The lowest BCUT2D eigenvalue weighted by Crippen LogP contribution is -2.33. The fourth-order valence-corrected chi connectivity index (χ4v) is 4.48. The number of aromatic nitrogens is 4. The average Bonchev–Trinajstić information content (AvgIpc) is 3.38. The Kier molecular flexibility index (Phi) is 8.29. The van der Waals surface area contributed by atoms with Crippen molar-refractivity contribution in [3.63, 3.8) is 0 Å². The summed E-state index contributed by atoms with van der Waals surface area (Å²) < 4.78 is 12.1. The molecule has 3 aromatic carbocycles. The molecule has 1 unspecified atom stereocenters. The monoisotopic (exact) mass is 608 g/mol. The number of carbonyl (C=O) groups excluding carboxylic acids is 3. The highest BCUT2D eigenvalue weighted by molar-refractivity contribution is 6.04. The fraction of sp³-hybridized carbons (Fsp3) is 0.294. The highest BCUT2D eigenvalue weighted by Crippen LogP contribution is 2.30. The Labute approximate surface area is 261 Å². The fourth-order valence-electron chi connectivity index (χ4n) is 4.48. The first-order valence-electron chi connectivity index (χ1n) is 14.6. The third-order valence-electron chi connectivity index (χ3n) is 6.54. The lowest BCUT2D eigenvalue weighted by atomic mass is 10.1. The van der Waals surface area contributed by atoms with Crippen LogP contribution in [0.2, 0.25) is 0 Å². The summed E-state index contributed by atoms with van der Waals surface area (Å²) in [6, 6.07) is 20.3. The van der Waals surface area contributed by atoms with Gasteiger partial charge in [-0.3, -0.25) is 9.59 Å². The topological polar surface area (TPSA) is 137 Å². The number of para-hydroxylation sites is 1. The number of hydrogen-bond acceptors (Lipinski definition) is 9. The van der Waals surface area contributed by atoms with E-state index in [0.717, 1.165) is 22.0 Å². The van der Waals surface area contributed by atoms with Crippen LogP contribution in [0.3, 0.4) is 0 Å². The second kappa shape index (κ2) is 12.0. The molecular formula is C34H36N6O5. The zero-order valence-corrected chi connectivity index (χ0v) is 26.3. The summed E-state index contributed by atoms with van der Waals surface area (Å²) in [5.74, 6) is -1.06. The first-order valence-corrected chi connectivity index (χ1v) is 14.6. The van der Waals surface area contributed by atoms with Gasteiger partial charge >= 0.3 is 12.1 Å². The van der Waals surface area contributed by atoms with Gasteiger partial charge in [-0.05, 0) is 90.9 Å². The third-order valence-corrected chi connectivity index (χ3v) is 6.54. The smallest absolute Gasteiger partial charge is 0.435 e. The lowest BCUT2D eigenvalue weighted by Gasteiger charge is -2.22. The van der Waals surface area contributed by atoms with Crippen LogP contribution in [-0.2, 0) is 19.1 Å². The number of amides is 1. The predicted octanol–water partition coefficient (Wildman–Crippen LogP) is 7.09. The van der Waals surface area contributed by atoms with E-state index in [1.54, 1.807) is 72.0 Å². The van der Waals surface area contributed by atoms with Crippen LogP contribution >= 0.6 is 0 Å². The van der Waals surface area contributed by atoms with Gasteiger partial charge in [0.25, 0.3) is 0 Å². The predicted molar refractivity (Wildman–Crippen MR) is 173 cm³/mol. The van der Waals surface area contributed by atoms with Crippen LogP contribution in [0, 0.1) is 5.92 Å². The number of anilines is 3. The molecule has 0 saturated carbocycles. The number of rotatable bonds is 6. The minimum Gasteiger partial charge on any atom is -0.459 e. The normalized spacial score (nSPS) is 12.5. The highest BCUT2D eigenvalue weighted by atomic mass is 16.6. The Morgan fingerprint density at radius 1 is 0.822 bits per heavy atom. The molecule has 2 N–H and O–H groups in total. The van der Waals surface area contributed by atoms with Crippen molar-refractivity contribution in [2.75, 3.05) is 10.6 Å². The van der Waals surface area contributed by atoms with Crippen molar-refractivity contribution < 1.29 is 23.9 Å². The minimum atomic E-state index is -0.991. The van der Waals surface area contributed by atoms with Gasteiger partial charge in [0.1, 0.15) is 22.9 Å². The number of esters is 1. The third kappa shape index (κ3) is 7.43. The van der Waals surface area contributed by atoms with Gasteiger partial charge in [-0.1, -0.05) is 24.3 Å². The molecule has 0 spiro atoms. The van der Waals surface area contributed by atoms with Crippen LogP contribution in [0.1, 0.15) is 48.5 Å². The van der Waals surface area contributed by atoms with Gasteiger partial charge in [0, 0.05) is 27.7 Å². The van der Waals surface area contributed by atoms with Gasteiger partial charge < -0.3 is 20.1 Å². The number of ether oxygens (including phenoxy) is 2. The van der Waals surface area contributed by atoms with Gasteiger partial charge in [0.2, 0.25) is 5.91 Å². The van der Waals surface area contributed by atoms with Crippen LogP contribution in [0.15, 0.2) is 72.9 Å². The molecule has 1 amide bonds. The molecule has 2 heterocycles. The number of nitrogens with one attached hydrogen (secondary N) is 2. The molecule has 5 rings (SSSR count). The van der Waals surface area contributed by atoms with Gasteiger partial charge in [0.05, 0.1) is 17.2 Å². The van der Waals surface area contributed by atoms with Crippen molar-refractivity contribution >= 4 is 57.0 Å². The summed E-state index contributed by atoms with van der Waals surface area (Å²) >= 11 is 0. The van der Waals surface area contributed by atoms with E-state index in [-0.39, 0.29) is 0 Å². The standard InChI is InChI=1S/C34H36N6O5/c1-20(31(42)44-33(2,3)4)30(41)37-23-12-10-11-21(17-23)28-38-26-14-9-8-13-25(26)29(39-28)36-24-15-16-27-22(18-24)19-35-40(27)32(43)45-34(5,6)7/h8-20H,1-7H3,(H,37,41)(H,36,38,39). The second-order valence-corrected chi connectivity index (χ2v) is 12.7. The molecule has 11 nitrogen and oxygen atoms in total. The summed E-state index contributed by atoms with van der Waals surface area (Å²) in [6.45, 7) is 12.2. The molecule has 0 aliphatic carbocycles. The van der Waals surface area contributed by atoms with E-state index < -0.39 is 35.1 Å². The lowest BCUT2D eigenvalue weighted by molar-refractivity contribution is -0.160. The molecule has 232 valence electrons. The van der Waals surface area contributed by atoms with Crippen LogP contribution in [0.25, 0.3) is 33.2 Å². The highest BCUT2D eigenvalue weighted by Gasteiger charge is 2.27. The molecule has 0 fully saturated rings. The van der Waals surface area contributed by atoms with Gasteiger partial charge in [-0.25, -0.2) is 14.8 Å². The molecule has 0 aliphatic heterocycles. The van der Waals surface area contributed by atoms with Crippen molar-refractivity contribution in [3.8, 4) is 11.4 Å². The number of benzene rings is 3. The van der Waals surface area contributed by atoms with E-state index in [0.29, 0.717) is 28.4 Å². The maximum atomic E-state index is 12.8. The van der Waals surface area contributed by atoms with E-state index >= 15 is 0 Å². The SMILES string of the molecule is CC(C(=O)Nc1cccc(-c2nc(Nc3ccc4c(cnn4C(=O)OC(C)(C)C)c3)c3ccccc3n2)c1)C(=O)OC(C)(C)C. The molecule has 0 aliphatic rings. The van der Waals surface area contributed by atoms with Crippen LogP contribution in [-0.4, -0.2) is 48.9 Å². The quantitative estimate of drug-likeness (QED) is 0.153. The molecule has 11 heteroatoms. The van der Waals surface area contributed by atoms with Gasteiger partial charge in [0.15, 0.2) is 5.82 Å². The Bertz CT molecular complexity index is 1920. The van der Waals surface area contributed by atoms with Crippen molar-refractivity contribution in [1.82, 2.24) is 19.7 Å². The van der Waals surface area contributed by atoms with E-state index in [9.17, 15) is 14.4 Å².